The largest absolute Gasteiger partial charge is 0.311 e. The van der Waals surface area contributed by atoms with Gasteiger partial charge in [0.05, 0.1) is 0 Å². The SMILES string of the molecule is CCCCCCCCC(=O)C1CC2CCC(C1)N2. The highest BCUT2D eigenvalue weighted by molar-refractivity contribution is 5.81. The Bertz CT molecular complexity index is 252. The third-order valence-corrected chi connectivity index (χ3v) is 4.71. The maximum Gasteiger partial charge on any atom is 0.136 e. The Morgan fingerprint density at radius 3 is 2.28 bits per heavy atom. The topological polar surface area (TPSA) is 29.1 Å². The van der Waals surface area contributed by atoms with Crippen LogP contribution in [0.5, 0.6) is 0 Å². The first-order valence-corrected chi connectivity index (χ1v) is 8.08. The van der Waals surface area contributed by atoms with E-state index in [9.17, 15) is 4.79 Å². The second-order valence-corrected chi connectivity index (χ2v) is 6.29. The normalized spacial score (nSPS) is 30.6. The van der Waals surface area contributed by atoms with Crippen molar-refractivity contribution in [3.05, 3.63) is 0 Å². The first-order valence-electron chi connectivity index (χ1n) is 8.08. The van der Waals surface area contributed by atoms with Crippen LogP contribution < -0.4 is 5.32 Å². The minimum absolute atomic E-state index is 0.388. The quantitative estimate of drug-likeness (QED) is 0.664. The molecule has 0 aliphatic carbocycles. The molecule has 2 heterocycles. The molecule has 0 radical (unpaired) electrons. The van der Waals surface area contributed by atoms with E-state index >= 15 is 0 Å². The highest BCUT2D eigenvalue weighted by Crippen LogP contribution is 2.32. The number of carbonyl (C=O) groups is 1. The number of nitrogens with one attached hydrogen (secondary N) is 1. The molecule has 2 aliphatic heterocycles. The Morgan fingerprint density at radius 2 is 1.61 bits per heavy atom. The van der Waals surface area contributed by atoms with Crippen molar-refractivity contribution in [3.8, 4) is 0 Å². The fourth-order valence-corrected chi connectivity index (χ4v) is 3.60. The average Bonchev–Trinajstić information content (AvgIpc) is 2.72. The fraction of sp³-hybridized carbons (Fsp3) is 0.938. The number of unbranched alkanes of at least 4 members (excludes halogenated alkanes) is 5. The Hall–Kier alpha value is -0.370. The number of carbonyl (C=O) groups excluding carboxylic acids is 1. The van der Waals surface area contributed by atoms with Gasteiger partial charge in [-0.2, -0.15) is 0 Å². The Labute approximate surface area is 112 Å². The summed E-state index contributed by atoms with van der Waals surface area (Å²) < 4.78 is 0. The van der Waals surface area contributed by atoms with E-state index in [1.54, 1.807) is 0 Å². The zero-order valence-corrected chi connectivity index (χ0v) is 11.9. The second-order valence-electron chi connectivity index (χ2n) is 6.29. The standard InChI is InChI=1S/C16H29NO/c1-2-3-4-5-6-7-8-16(18)13-11-14-9-10-15(12-13)17-14/h13-15,17H,2-12H2,1H3. The van der Waals surface area contributed by atoms with E-state index in [2.05, 4.69) is 12.2 Å². The Kier molecular flexibility index (Phi) is 5.68. The average molecular weight is 251 g/mol. The zero-order chi connectivity index (χ0) is 12.8. The molecule has 0 aromatic carbocycles. The first-order chi connectivity index (χ1) is 8.79. The molecule has 2 unspecified atom stereocenters. The molecule has 2 saturated heterocycles. The van der Waals surface area contributed by atoms with Crippen molar-refractivity contribution in [1.29, 1.82) is 0 Å². The van der Waals surface area contributed by atoms with Crippen molar-refractivity contribution < 1.29 is 4.79 Å². The third kappa shape index (κ3) is 4.08. The number of Topliss-reactive ketones (excluding diaryl/α,β-unsaturated/α-hetero) is 1. The summed E-state index contributed by atoms with van der Waals surface area (Å²) >= 11 is 0. The molecule has 1 N–H and O–H groups in total. The van der Waals surface area contributed by atoms with Gasteiger partial charge in [0.2, 0.25) is 0 Å². The second kappa shape index (κ2) is 7.28. The molecule has 0 amide bonds. The summed E-state index contributed by atoms with van der Waals surface area (Å²) in [5.74, 6) is 0.947. The third-order valence-electron chi connectivity index (χ3n) is 4.71. The van der Waals surface area contributed by atoms with Crippen LogP contribution in [0.25, 0.3) is 0 Å². The molecule has 2 atom stereocenters. The molecule has 2 aliphatic rings. The Morgan fingerprint density at radius 1 is 1.00 bits per heavy atom. The molecular formula is C16H29NO. The van der Waals surface area contributed by atoms with Gasteiger partial charge in [-0.25, -0.2) is 0 Å². The van der Waals surface area contributed by atoms with Crippen molar-refractivity contribution in [2.24, 2.45) is 5.92 Å². The molecule has 2 bridgehead atoms. The predicted molar refractivity (Wildman–Crippen MR) is 75.7 cm³/mol. The van der Waals surface area contributed by atoms with Crippen molar-refractivity contribution in [1.82, 2.24) is 5.32 Å². The zero-order valence-electron chi connectivity index (χ0n) is 11.9. The molecule has 2 nitrogen and oxygen atoms in total. The van der Waals surface area contributed by atoms with Crippen LogP contribution in [0, 0.1) is 5.92 Å². The number of rotatable bonds is 8. The van der Waals surface area contributed by atoms with Crippen LogP contribution in [0.15, 0.2) is 0 Å². The monoisotopic (exact) mass is 251 g/mol. The summed E-state index contributed by atoms with van der Waals surface area (Å²) in [5, 5.41) is 3.61. The van der Waals surface area contributed by atoms with Crippen molar-refractivity contribution in [2.45, 2.75) is 89.6 Å². The lowest BCUT2D eigenvalue weighted by atomic mass is 9.87. The van der Waals surface area contributed by atoms with Crippen LogP contribution in [-0.4, -0.2) is 17.9 Å². The van der Waals surface area contributed by atoms with Gasteiger partial charge in [0, 0.05) is 24.4 Å². The smallest absolute Gasteiger partial charge is 0.136 e. The van der Waals surface area contributed by atoms with Crippen molar-refractivity contribution in [2.75, 3.05) is 0 Å². The minimum atomic E-state index is 0.388. The summed E-state index contributed by atoms with van der Waals surface area (Å²) in [7, 11) is 0. The van der Waals surface area contributed by atoms with Gasteiger partial charge in [-0.3, -0.25) is 4.79 Å². The lowest BCUT2D eigenvalue weighted by Gasteiger charge is -2.28. The van der Waals surface area contributed by atoms with E-state index in [1.807, 2.05) is 0 Å². The number of hydrogen-bond acceptors (Lipinski definition) is 2. The van der Waals surface area contributed by atoms with Gasteiger partial charge in [-0.1, -0.05) is 39.0 Å². The molecular weight excluding hydrogens is 222 g/mol. The summed E-state index contributed by atoms with van der Waals surface area (Å²) in [6, 6.07) is 1.31. The number of ketones is 1. The van der Waals surface area contributed by atoms with E-state index in [4.69, 9.17) is 0 Å². The summed E-state index contributed by atoms with van der Waals surface area (Å²) in [5.41, 5.74) is 0. The van der Waals surface area contributed by atoms with Gasteiger partial charge in [0.1, 0.15) is 5.78 Å². The minimum Gasteiger partial charge on any atom is -0.311 e. The highest BCUT2D eigenvalue weighted by atomic mass is 16.1. The van der Waals surface area contributed by atoms with Gasteiger partial charge >= 0.3 is 0 Å². The van der Waals surface area contributed by atoms with E-state index < -0.39 is 0 Å². The molecule has 0 aromatic rings. The maximum absolute atomic E-state index is 12.2. The van der Waals surface area contributed by atoms with Crippen molar-refractivity contribution in [3.63, 3.8) is 0 Å². The van der Waals surface area contributed by atoms with Gasteiger partial charge < -0.3 is 5.32 Å². The first kappa shape index (κ1) is 14.0. The van der Waals surface area contributed by atoms with Gasteiger partial charge in [0.15, 0.2) is 0 Å². The van der Waals surface area contributed by atoms with E-state index in [-0.39, 0.29) is 0 Å². The highest BCUT2D eigenvalue weighted by Gasteiger charge is 2.35. The summed E-state index contributed by atoms with van der Waals surface area (Å²) in [6.45, 7) is 2.24. The van der Waals surface area contributed by atoms with E-state index in [0.717, 1.165) is 25.7 Å². The van der Waals surface area contributed by atoms with Crippen molar-refractivity contribution >= 4 is 5.78 Å². The summed E-state index contributed by atoms with van der Waals surface area (Å²) in [4.78, 5) is 12.2. The number of piperidine rings is 1. The molecule has 0 aromatic heterocycles. The van der Waals surface area contributed by atoms with Crippen LogP contribution >= 0.6 is 0 Å². The molecule has 104 valence electrons. The van der Waals surface area contributed by atoms with Crippen LogP contribution in [0.1, 0.15) is 77.6 Å². The van der Waals surface area contributed by atoms with Crippen LogP contribution in [0.2, 0.25) is 0 Å². The van der Waals surface area contributed by atoms with Crippen LogP contribution in [0.3, 0.4) is 0 Å². The predicted octanol–water partition coefficient (Wildman–Crippen LogP) is 3.84. The lowest BCUT2D eigenvalue weighted by Crippen LogP contribution is -2.40. The van der Waals surface area contributed by atoms with Crippen LogP contribution in [0.4, 0.5) is 0 Å². The molecule has 18 heavy (non-hydrogen) atoms. The lowest BCUT2D eigenvalue weighted by molar-refractivity contribution is -0.124. The molecule has 2 rings (SSSR count). The number of fused-ring (bicyclic) bond motifs is 2. The maximum atomic E-state index is 12.2. The molecule has 2 fully saturated rings. The van der Waals surface area contributed by atoms with E-state index in [1.165, 1.54) is 44.9 Å². The molecule has 2 heteroatoms. The van der Waals surface area contributed by atoms with Gasteiger partial charge in [-0.15, -0.1) is 0 Å². The van der Waals surface area contributed by atoms with Gasteiger partial charge in [0.25, 0.3) is 0 Å². The summed E-state index contributed by atoms with van der Waals surface area (Å²) in [6.07, 6.45) is 13.4. The van der Waals surface area contributed by atoms with E-state index in [0.29, 0.717) is 23.8 Å². The fourth-order valence-electron chi connectivity index (χ4n) is 3.60. The Balaban J connectivity index is 1.57. The van der Waals surface area contributed by atoms with Crippen LogP contribution in [-0.2, 0) is 4.79 Å². The molecule has 0 saturated carbocycles. The molecule has 0 spiro atoms. The van der Waals surface area contributed by atoms with Gasteiger partial charge in [-0.05, 0) is 32.1 Å². The number of hydrogen-bond donors (Lipinski definition) is 1.